The molecule has 4 aromatic rings. The fraction of sp³-hybridized carbons (Fsp3) is 0.154. The van der Waals surface area contributed by atoms with E-state index in [0.29, 0.717) is 28.4 Å². The van der Waals surface area contributed by atoms with E-state index < -0.39 is 21.8 Å². The lowest BCUT2D eigenvalue weighted by molar-refractivity contribution is 0.0970. The van der Waals surface area contributed by atoms with Gasteiger partial charge in [-0.15, -0.1) is 0 Å². The molecule has 0 bridgehead atoms. The molecule has 2 aromatic carbocycles. The largest absolute Gasteiger partial charge is 0.497 e. The molecular weight excluding hydrogens is 510 g/mol. The average molecular weight is 534 g/mol. The topological polar surface area (TPSA) is 133 Å². The normalized spacial score (nSPS) is 13.2. The number of fused-ring (bicyclic) bond motifs is 1. The smallest absolute Gasteiger partial charge is 0.285 e. The molecule has 0 fully saturated rings. The molecule has 12 heteroatoms. The van der Waals surface area contributed by atoms with Crippen molar-refractivity contribution in [2.45, 2.75) is 6.42 Å². The molecule has 0 saturated heterocycles. The summed E-state index contributed by atoms with van der Waals surface area (Å²) < 4.78 is 33.4. The third kappa shape index (κ3) is 4.68. The molecular formula is C26H23N5O6S. The highest BCUT2D eigenvalue weighted by atomic mass is 32.2. The summed E-state index contributed by atoms with van der Waals surface area (Å²) in [5, 5.41) is 4.36. The lowest BCUT2D eigenvalue weighted by atomic mass is 10.0. The molecule has 0 unspecified atom stereocenters. The van der Waals surface area contributed by atoms with Crippen molar-refractivity contribution < 1.29 is 22.7 Å². The summed E-state index contributed by atoms with van der Waals surface area (Å²) in [5.41, 5.74) is 1.94. The number of carbonyl (C=O) groups excluding carboxylic acids is 2. The predicted molar refractivity (Wildman–Crippen MR) is 140 cm³/mol. The van der Waals surface area contributed by atoms with Crippen LogP contribution in [0.15, 0.2) is 77.7 Å². The van der Waals surface area contributed by atoms with E-state index in [4.69, 9.17) is 4.74 Å². The summed E-state index contributed by atoms with van der Waals surface area (Å²) in [7, 11) is -2.32. The van der Waals surface area contributed by atoms with E-state index in [2.05, 4.69) is 5.10 Å². The molecule has 0 aliphatic carbocycles. The van der Waals surface area contributed by atoms with Crippen LogP contribution in [0.25, 0.3) is 11.4 Å². The van der Waals surface area contributed by atoms with Gasteiger partial charge < -0.3 is 9.64 Å². The second kappa shape index (κ2) is 9.63. The quantitative estimate of drug-likeness (QED) is 0.400. The van der Waals surface area contributed by atoms with Crippen LogP contribution in [0.4, 0.5) is 5.69 Å². The minimum Gasteiger partial charge on any atom is -0.497 e. The summed E-state index contributed by atoms with van der Waals surface area (Å²) in [5.74, 6) is -0.720. The monoisotopic (exact) mass is 533 g/mol. The Morgan fingerprint density at radius 2 is 1.61 bits per heavy atom. The van der Waals surface area contributed by atoms with E-state index in [1.807, 2.05) is 4.72 Å². The SMILES string of the molecule is COc1ccc(-n2nc(C(=O)NS(C)(=O)=O)c3c2C(=O)N(c2ccc(-n4ccccc4=O)cc2)CC3)cc1. The average Bonchev–Trinajstić information content (AvgIpc) is 3.29. The van der Waals surface area contributed by atoms with Gasteiger partial charge >= 0.3 is 0 Å². The van der Waals surface area contributed by atoms with E-state index in [1.165, 1.54) is 22.4 Å². The van der Waals surface area contributed by atoms with E-state index in [-0.39, 0.29) is 29.9 Å². The number of pyridine rings is 1. The maximum atomic E-state index is 13.8. The first-order valence-corrected chi connectivity index (χ1v) is 13.4. The van der Waals surface area contributed by atoms with Crippen LogP contribution in [0, 0.1) is 0 Å². The summed E-state index contributed by atoms with van der Waals surface area (Å²) in [6, 6.07) is 18.6. The number of carbonyl (C=O) groups is 2. The van der Waals surface area contributed by atoms with Gasteiger partial charge in [0.05, 0.1) is 19.1 Å². The molecule has 194 valence electrons. The number of ether oxygens (including phenoxy) is 1. The van der Waals surface area contributed by atoms with Gasteiger partial charge in [-0.1, -0.05) is 6.07 Å². The zero-order chi connectivity index (χ0) is 27.0. The number of hydrogen-bond acceptors (Lipinski definition) is 7. The highest BCUT2D eigenvalue weighted by Gasteiger charge is 2.35. The predicted octanol–water partition coefficient (Wildman–Crippen LogP) is 1.92. The Labute approximate surface area is 217 Å². The molecule has 1 aliphatic rings. The molecule has 0 radical (unpaired) electrons. The highest BCUT2D eigenvalue weighted by molar-refractivity contribution is 7.89. The molecule has 38 heavy (non-hydrogen) atoms. The number of anilines is 1. The number of nitrogens with one attached hydrogen (secondary N) is 1. The van der Waals surface area contributed by atoms with Gasteiger partial charge in [-0.2, -0.15) is 5.10 Å². The van der Waals surface area contributed by atoms with Gasteiger partial charge in [-0.25, -0.2) is 17.8 Å². The standard InChI is InChI=1S/C26H23N5O6S/c1-37-20-12-10-19(11-13-20)31-24-21(23(27-31)25(33)28-38(2,35)36)14-16-30(26(24)34)18-8-6-17(7-9-18)29-15-4-3-5-22(29)32/h3-13,15H,14,16H2,1-2H3,(H,28,33). The van der Waals surface area contributed by atoms with Crippen molar-refractivity contribution in [3.05, 3.63) is 100 Å². The number of methoxy groups -OCH3 is 1. The van der Waals surface area contributed by atoms with Gasteiger partial charge in [-0.05, 0) is 61.0 Å². The van der Waals surface area contributed by atoms with Crippen LogP contribution in [0.2, 0.25) is 0 Å². The first-order chi connectivity index (χ1) is 18.2. The van der Waals surface area contributed by atoms with E-state index in [1.54, 1.807) is 71.8 Å². The van der Waals surface area contributed by atoms with Crippen molar-refractivity contribution in [1.82, 2.24) is 19.1 Å². The first-order valence-electron chi connectivity index (χ1n) is 11.5. The molecule has 2 amide bonds. The van der Waals surface area contributed by atoms with Crippen LogP contribution in [0.3, 0.4) is 0 Å². The molecule has 0 atom stereocenters. The number of amides is 2. The molecule has 1 N–H and O–H groups in total. The molecule has 0 spiro atoms. The Balaban J connectivity index is 1.56. The Hall–Kier alpha value is -4.71. The fourth-order valence-electron chi connectivity index (χ4n) is 4.35. The Morgan fingerprint density at radius 1 is 0.947 bits per heavy atom. The van der Waals surface area contributed by atoms with Crippen molar-refractivity contribution in [2.75, 3.05) is 24.8 Å². The second-order valence-electron chi connectivity index (χ2n) is 8.62. The summed E-state index contributed by atoms with van der Waals surface area (Å²) in [6.07, 6.45) is 2.80. The van der Waals surface area contributed by atoms with Gasteiger partial charge in [0.2, 0.25) is 10.0 Å². The summed E-state index contributed by atoms with van der Waals surface area (Å²) in [4.78, 5) is 40.3. The van der Waals surface area contributed by atoms with Gasteiger partial charge in [0.1, 0.15) is 11.4 Å². The van der Waals surface area contributed by atoms with Gasteiger partial charge in [-0.3, -0.25) is 19.0 Å². The summed E-state index contributed by atoms with van der Waals surface area (Å²) >= 11 is 0. The number of aromatic nitrogens is 3. The van der Waals surface area contributed by atoms with Crippen LogP contribution in [0.5, 0.6) is 5.75 Å². The van der Waals surface area contributed by atoms with Gasteiger partial charge in [0, 0.05) is 35.7 Å². The molecule has 2 aromatic heterocycles. The maximum absolute atomic E-state index is 13.8. The number of sulfonamides is 1. The third-order valence-corrected chi connectivity index (χ3v) is 6.65. The zero-order valence-corrected chi connectivity index (χ0v) is 21.3. The molecule has 5 rings (SSSR count). The number of benzene rings is 2. The van der Waals surface area contributed by atoms with Crippen LogP contribution in [-0.4, -0.2) is 54.5 Å². The molecule has 11 nitrogen and oxygen atoms in total. The minimum absolute atomic E-state index is 0.131. The lowest BCUT2D eigenvalue weighted by Crippen LogP contribution is -2.39. The van der Waals surface area contributed by atoms with Crippen LogP contribution >= 0.6 is 0 Å². The maximum Gasteiger partial charge on any atom is 0.285 e. The van der Waals surface area contributed by atoms with Crippen LogP contribution < -0.4 is 19.9 Å². The Morgan fingerprint density at radius 3 is 2.24 bits per heavy atom. The first kappa shape index (κ1) is 25.0. The Bertz CT molecular complexity index is 1710. The van der Waals surface area contributed by atoms with Crippen LogP contribution in [0.1, 0.15) is 26.5 Å². The van der Waals surface area contributed by atoms with Crippen LogP contribution in [-0.2, 0) is 16.4 Å². The third-order valence-electron chi connectivity index (χ3n) is 6.09. The second-order valence-corrected chi connectivity index (χ2v) is 10.4. The number of rotatable bonds is 6. The molecule has 0 saturated carbocycles. The summed E-state index contributed by atoms with van der Waals surface area (Å²) in [6.45, 7) is 0.240. The fourth-order valence-corrected chi connectivity index (χ4v) is 4.78. The lowest BCUT2D eigenvalue weighted by Gasteiger charge is -2.28. The zero-order valence-electron chi connectivity index (χ0n) is 20.5. The highest BCUT2D eigenvalue weighted by Crippen LogP contribution is 2.30. The Kier molecular flexibility index (Phi) is 6.33. The van der Waals surface area contributed by atoms with E-state index >= 15 is 0 Å². The van der Waals surface area contributed by atoms with Crippen molar-refractivity contribution in [3.8, 4) is 17.1 Å². The van der Waals surface area contributed by atoms with E-state index in [0.717, 1.165) is 6.26 Å². The van der Waals surface area contributed by atoms with Crippen molar-refractivity contribution in [3.63, 3.8) is 0 Å². The minimum atomic E-state index is -3.84. The van der Waals surface area contributed by atoms with Crippen molar-refractivity contribution >= 4 is 27.5 Å². The number of nitrogens with zero attached hydrogens (tertiary/aromatic N) is 4. The van der Waals surface area contributed by atoms with Gasteiger partial charge in [0.25, 0.3) is 17.4 Å². The van der Waals surface area contributed by atoms with Crippen molar-refractivity contribution in [2.24, 2.45) is 0 Å². The van der Waals surface area contributed by atoms with Gasteiger partial charge in [0.15, 0.2) is 5.69 Å². The molecule has 1 aliphatic heterocycles. The molecule has 3 heterocycles. The van der Waals surface area contributed by atoms with E-state index in [9.17, 15) is 22.8 Å². The number of hydrogen-bond donors (Lipinski definition) is 1. The van der Waals surface area contributed by atoms with Crippen molar-refractivity contribution in [1.29, 1.82) is 0 Å².